The predicted molar refractivity (Wildman–Crippen MR) is 94.5 cm³/mol. The van der Waals surface area contributed by atoms with Gasteiger partial charge in [0.15, 0.2) is 0 Å². The summed E-state index contributed by atoms with van der Waals surface area (Å²) in [5.41, 5.74) is 0.796. The maximum Gasteiger partial charge on any atom is 0.416 e. The van der Waals surface area contributed by atoms with E-state index in [1.807, 2.05) is 24.4 Å². The lowest BCUT2D eigenvalue weighted by molar-refractivity contribution is -0.138. The highest BCUT2D eigenvalue weighted by Gasteiger charge is 2.36. The predicted octanol–water partition coefficient (Wildman–Crippen LogP) is 4.37. The maximum atomic E-state index is 13.3. The molecule has 1 aromatic carbocycles. The quantitative estimate of drug-likeness (QED) is 0.669. The fourth-order valence-electron chi connectivity index (χ4n) is 3.70. The summed E-state index contributed by atoms with van der Waals surface area (Å²) in [6.07, 6.45) is 0.153. The number of pyridine rings is 1. The van der Waals surface area contributed by atoms with E-state index in [0.717, 1.165) is 6.07 Å². The molecular weight excluding hydrogens is 355 g/mol. The molecule has 1 aliphatic rings. The summed E-state index contributed by atoms with van der Waals surface area (Å²) in [5.74, 6) is -0.380. The average molecular weight is 373 g/mol. The molecule has 0 saturated carbocycles. The number of amides is 1. The molecule has 140 valence electrons. The number of halogens is 3. The number of piperidine rings is 1. The second-order valence-corrected chi connectivity index (χ2v) is 6.74. The Balaban J connectivity index is 1.49. The molecule has 1 amide bonds. The molecule has 0 spiro atoms. The molecule has 4 nitrogen and oxygen atoms in total. The SMILES string of the molecule is O=C(c1cn2ccccc2n1)N1CCC(c2ccccc2C(F)(F)F)CC1. The van der Waals surface area contributed by atoms with Crippen LogP contribution in [0.3, 0.4) is 0 Å². The van der Waals surface area contributed by atoms with Gasteiger partial charge in [-0.3, -0.25) is 4.79 Å². The van der Waals surface area contributed by atoms with Crippen LogP contribution in [0.25, 0.3) is 5.65 Å². The van der Waals surface area contributed by atoms with E-state index in [9.17, 15) is 18.0 Å². The van der Waals surface area contributed by atoms with Gasteiger partial charge in [0.1, 0.15) is 11.3 Å². The van der Waals surface area contributed by atoms with Crippen LogP contribution in [0.2, 0.25) is 0 Å². The zero-order chi connectivity index (χ0) is 19.0. The fourth-order valence-corrected chi connectivity index (χ4v) is 3.70. The average Bonchev–Trinajstić information content (AvgIpc) is 3.11. The number of benzene rings is 1. The smallest absolute Gasteiger partial charge is 0.337 e. The van der Waals surface area contributed by atoms with Gasteiger partial charge in [-0.2, -0.15) is 13.2 Å². The molecule has 0 atom stereocenters. The number of rotatable bonds is 2. The van der Waals surface area contributed by atoms with Crippen molar-refractivity contribution in [2.75, 3.05) is 13.1 Å². The van der Waals surface area contributed by atoms with Gasteiger partial charge in [-0.25, -0.2) is 4.98 Å². The number of nitrogens with zero attached hydrogens (tertiary/aromatic N) is 3. The summed E-state index contributed by atoms with van der Waals surface area (Å²) in [5, 5.41) is 0. The number of hydrogen-bond donors (Lipinski definition) is 0. The normalized spacial score (nSPS) is 16.0. The molecule has 0 unspecified atom stereocenters. The number of imidazole rings is 1. The van der Waals surface area contributed by atoms with Gasteiger partial charge in [-0.05, 0) is 42.5 Å². The summed E-state index contributed by atoms with van der Waals surface area (Å²) >= 11 is 0. The van der Waals surface area contributed by atoms with Crippen molar-refractivity contribution in [3.8, 4) is 0 Å². The van der Waals surface area contributed by atoms with Gasteiger partial charge in [-0.15, -0.1) is 0 Å². The molecule has 3 aromatic rings. The van der Waals surface area contributed by atoms with Gasteiger partial charge >= 0.3 is 6.18 Å². The Labute approximate surface area is 154 Å². The summed E-state index contributed by atoms with van der Waals surface area (Å²) in [6.45, 7) is 0.840. The molecule has 0 radical (unpaired) electrons. The minimum Gasteiger partial charge on any atom is -0.337 e. The van der Waals surface area contributed by atoms with Crippen LogP contribution in [-0.4, -0.2) is 33.3 Å². The van der Waals surface area contributed by atoms with E-state index in [0.29, 0.717) is 42.8 Å². The van der Waals surface area contributed by atoms with Crippen LogP contribution in [0.4, 0.5) is 13.2 Å². The first-order chi connectivity index (χ1) is 12.9. The van der Waals surface area contributed by atoms with E-state index in [2.05, 4.69) is 4.98 Å². The summed E-state index contributed by atoms with van der Waals surface area (Å²) < 4.78 is 41.5. The summed E-state index contributed by atoms with van der Waals surface area (Å²) in [7, 11) is 0. The molecule has 0 N–H and O–H groups in total. The third-order valence-electron chi connectivity index (χ3n) is 5.07. The maximum absolute atomic E-state index is 13.3. The molecule has 1 aliphatic heterocycles. The van der Waals surface area contributed by atoms with E-state index in [1.54, 1.807) is 27.6 Å². The van der Waals surface area contributed by atoms with Crippen molar-refractivity contribution < 1.29 is 18.0 Å². The number of carbonyl (C=O) groups is 1. The Kier molecular flexibility index (Phi) is 4.37. The molecular formula is C20H18F3N3O. The van der Waals surface area contributed by atoms with Crippen LogP contribution in [0, 0.1) is 0 Å². The number of hydrogen-bond acceptors (Lipinski definition) is 2. The third-order valence-corrected chi connectivity index (χ3v) is 5.07. The minimum atomic E-state index is -4.36. The van der Waals surface area contributed by atoms with Gasteiger partial charge in [0.05, 0.1) is 5.56 Å². The van der Waals surface area contributed by atoms with E-state index < -0.39 is 11.7 Å². The van der Waals surface area contributed by atoms with Crippen molar-refractivity contribution in [3.63, 3.8) is 0 Å². The second-order valence-electron chi connectivity index (χ2n) is 6.74. The van der Waals surface area contributed by atoms with Crippen LogP contribution in [-0.2, 0) is 6.18 Å². The Hall–Kier alpha value is -2.83. The number of carbonyl (C=O) groups excluding carboxylic acids is 1. The first-order valence-corrected chi connectivity index (χ1v) is 8.82. The zero-order valence-corrected chi connectivity index (χ0v) is 14.5. The van der Waals surface area contributed by atoms with Crippen LogP contribution in [0.1, 0.15) is 40.4 Å². The molecule has 1 saturated heterocycles. The molecule has 0 aliphatic carbocycles. The second kappa shape index (κ2) is 6.72. The lowest BCUT2D eigenvalue weighted by Gasteiger charge is -2.32. The van der Waals surface area contributed by atoms with Crippen LogP contribution >= 0.6 is 0 Å². The number of aromatic nitrogens is 2. The highest BCUT2D eigenvalue weighted by Crippen LogP contribution is 2.38. The van der Waals surface area contributed by atoms with Gasteiger partial charge in [0.25, 0.3) is 5.91 Å². The third kappa shape index (κ3) is 3.41. The van der Waals surface area contributed by atoms with E-state index in [4.69, 9.17) is 0 Å². The van der Waals surface area contributed by atoms with Crippen molar-refractivity contribution in [1.29, 1.82) is 0 Å². The lowest BCUT2D eigenvalue weighted by atomic mass is 9.86. The van der Waals surface area contributed by atoms with Crippen LogP contribution in [0.15, 0.2) is 54.9 Å². The minimum absolute atomic E-state index is 0.179. The first-order valence-electron chi connectivity index (χ1n) is 8.82. The van der Waals surface area contributed by atoms with Gasteiger partial charge in [0, 0.05) is 25.5 Å². The van der Waals surface area contributed by atoms with Gasteiger partial charge in [0.2, 0.25) is 0 Å². The van der Waals surface area contributed by atoms with Crippen molar-refractivity contribution in [2.45, 2.75) is 24.9 Å². The standard InChI is InChI=1S/C20H18F3N3O/c21-20(22,23)16-6-2-1-5-15(16)14-8-11-25(12-9-14)19(27)17-13-26-10-4-3-7-18(26)24-17/h1-7,10,13-14H,8-9,11-12H2. The highest BCUT2D eigenvalue weighted by molar-refractivity contribution is 5.93. The molecule has 1 fully saturated rings. The van der Waals surface area contributed by atoms with E-state index >= 15 is 0 Å². The summed E-state index contributed by atoms with van der Waals surface area (Å²) in [4.78, 5) is 18.7. The van der Waals surface area contributed by atoms with Gasteiger partial charge < -0.3 is 9.30 Å². The molecule has 7 heteroatoms. The number of fused-ring (bicyclic) bond motifs is 1. The van der Waals surface area contributed by atoms with Gasteiger partial charge in [-0.1, -0.05) is 24.3 Å². The summed E-state index contributed by atoms with van der Waals surface area (Å²) in [6, 6.07) is 11.2. The van der Waals surface area contributed by atoms with E-state index in [1.165, 1.54) is 6.07 Å². The largest absolute Gasteiger partial charge is 0.416 e. The number of likely N-dealkylation sites (tertiary alicyclic amines) is 1. The zero-order valence-electron chi connectivity index (χ0n) is 14.5. The van der Waals surface area contributed by atoms with Crippen molar-refractivity contribution in [1.82, 2.24) is 14.3 Å². The molecule has 0 bridgehead atoms. The number of alkyl halides is 3. The van der Waals surface area contributed by atoms with E-state index in [-0.39, 0.29) is 11.8 Å². The van der Waals surface area contributed by atoms with Crippen molar-refractivity contribution in [3.05, 3.63) is 71.7 Å². The van der Waals surface area contributed by atoms with Crippen LogP contribution in [0.5, 0.6) is 0 Å². The highest BCUT2D eigenvalue weighted by atomic mass is 19.4. The lowest BCUT2D eigenvalue weighted by Crippen LogP contribution is -2.38. The topological polar surface area (TPSA) is 37.6 Å². The molecule has 27 heavy (non-hydrogen) atoms. The Morgan fingerprint density at radius 2 is 1.74 bits per heavy atom. The first kappa shape index (κ1) is 17.6. The van der Waals surface area contributed by atoms with Crippen LogP contribution < -0.4 is 0 Å². The Morgan fingerprint density at radius 3 is 2.44 bits per heavy atom. The van der Waals surface area contributed by atoms with Crippen molar-refractivity contribution >= 4 is 11.6 Å². The Morgan fingerprint density at radius 1 is 1.04 bits per heavy atom. The Bertz CT molecular complexity index is 939. The molecule has 2 aromatic heterocycles. The molecule has 4 rings (SSSR count). The van der Waals surface area contributed by atoms with Crippen molar-refractivity contribution in [2.24, 2.45) is 0 Å². The fraction of sp³-hybridized carbons (Fsp3) is 0.300. The monoisotopic (exact) mass is 373 g/mol. The molecule has 3 heterocycles.